The number of hydrogen-bond acceptors (Lipinski definition) is 5. The Balaban J connectivity index is 1.47. The van der Waals surface area contributed by atoms with Gasteiger partial charge in [-0.1, -0.05) is 6.07 Å². The van der Waals surface area contributed by atoms with Crippen molar-refractivity contribution in [1.29, 1.82) is 0 Å². The van der Waals surface area contributed by atoms with Gasteiger partial charge in [-0.3, -0.25) is 4.90 Å². The van der Waals surface area contributed by atoms with Crippen LogP contribution in [0.4, 0.5) is 4.79 Å². The van der Waals surface area contributed by atoms with E-state index in [9.17, 15) is 14.7 Å². The van der Waals surface area contributed by atoms with Crippen LogP contribution in [0.5, 0.6) is 0 Å². The smallest absolute Gasteiger partial charge is 0.407 e. The lowest BCUT2D eigenvalue weighted by Gasteiger charge is -2.34. The van der Waals surface area contributed by atoms with E-state index in [1.54, 1.807) is 12.1 Å². The molecule has 7 heteroatoms. The van der Waals surface area contributed by atoms with E-state index in [4.69, 9.17) is 9.84 Å². The van der Waals surface area contributed by atoms with Gasteiger partial charge in [0, 0.05) is 31.2 Å². The number of rotatable bonds is 3. The molecule has 128 valence electrons. The second-order valence-corrected chi connectivity index (χ2v) is 6.74. The molecule has 0 radical (unpaired) electrons. The number of hydrogen-bond donors (Lipinski definition) is 2. The third-order valence-corrected chi connectivity index (χ3v) is 5.44. The summed E-state index contributed by atoms with van der Waals surface area (Å²) in [6.45, 7) is 3.76. The minimum Gasteiger partial charge on any atom is -0.465 e. The molecular weight excluding hydrogens is 312 g/mol. The zero-order valence-electron chi connectivity index (χ0n) is 13.4. The quantitative estimate of drug-likeness (QED) is 0.807. The fraction of sp³-hybridized carbons (Fsp3) is 0.529. The van der Waals surface area contributed by atoms with Crippen LogP contribution in [0.3, 0.4) is 0 Å². The summed E-state index contributed by atoms with van der Waals surface area (Å²) in [4.78, 5) is 26.4. The molecular formula is C17H20N2O5. The van der Waals surface area contributed by atoms with Crippen LogP contribution in [0.15, 0.2) is 12.1 Å². The number of ether oxygens (including phenoxy) is 1. The number of nitrogens with zero attached hydrogens (tertiary/aromatic N) is 2. The molecule has 1 aliphatic carbocycles. The summed E-state index contributed by atoms with van der Waals surface area (Å²) in [6, 6.07) is 3.79. The van der Waals surface area contributed by atoms with Gasteiger partial charge in [0.1, 0.15) is 6.61 Å². The molecule has 7 nitrogen and oxygen atoms in total. The maximum absolute atomic E-state index is 11.6. The molecule has 2 unspecified atom stereocenters. The van der Waals surface area contributed by atoms with Crippen LogP contribution in [0.25, 0.3) is 0 Å². The molecule has 3 atom stereocenters. The number of aliphatic hydroxyl groups is 1. The van der Waals surface area contributed by atoms with Gasteiger partial charge in [-0.25, -0.2) is 9.59 Å². The average Bonchev–Trinajstić information content (AvgIpc) is 3.25. The minimum absolute atomic E-state index is 0.0654. The molecule has 1 aromatic rings. The second-order valence-electron chi connectivity index (χ2n) is 6.74. The average molecular weight is 332 g/mol. The maximum atomic E-state index is 11.6. The Morgan fingerprint density at radius 1 is 1.38 bits per heavy atom. The Morgan fingerprint density at radius 3 is 2.92 bits per heavy atom. The summed E-state index contributed by atoms with van der Waals surface area (Å²) in [5.74, 6) is -0.306. The normalized spacial score (nSPS) is 26.6. The lowest BCUT2D eigenvalue weighted by molar-refractivity contribution is 0.0535. The molecule has 3 aliphatic rings. The number of fused-ring (bicyclic) bond motifs is 2. The van der Waals surface area contributed by atoms with Crippen molar-refractivity contribution in [2.75, 3.05) is 19.6 Å². The lowest BCUT2D eigenvalue weighted by Crippen LogP contribution is -2.49. The van der Waals surface area contributed by atoms with Crippen molar-refractivity contribution >= 4 is 12.1 Å². The molecule has 1 saturated carbocycles. The summed E-state index contributed by atoms with van der Waals surface area (Å²) in [7, 11) is 0. The third-order valence-electron chi connectivity index (χ3n) is 5.44. The zero-order chi connectivity index (χ0) is 17.0. The van der Waals surface area contributed by atoms with Crippen molar-refractivity contribution in [2.24, 2.45) is 0 Å². The van der Waals surface area contributed by atoms with E-state index in [1.807, 2.05) is 6.92 Å². The van der Waals surface area contributed by atoms with Crippen molar-refractivity contribution in [2.45, 2.75) is 38.1 Å². The fourth-order valence-electron chi connectivity index (χ4n) is 3.98. The van der Waals surface area contributed by atoms with E-state index in [-0.39, 0.29) is 24.7 Å². The van der Waals surface area contributed by atoms with Crippen LogP contribution in [0.2, 0.25) is 0 Å². The van der Waals surface area contributed by atoms with Gasteiger partial charge in [-0.05, 0) is 30.5 Å². The van der Waals surface area contributed by atoms with E-state index in [0.29, 0.717) is 25.2 Å². The third kappa shape index (κ3) is 2.35. The van der Waals surface area contributed by atoms with Crippen molar-refractivity contribution in [1.82, 2.24) is 9.80 Å². The van der Waals surface area contributed by atoms with Crippen molar-refractivity contribution < 1.29 is 24.5 Å². The molecule has 0 spiro atoms. The summed E-state index contributed by atoms with van der Waals surface area (Å²) in [6.07, 6.45) is -0.685. The first-order valence-corrected chi connectivity index (χ1v) is 8.18. The number of benzene rings is 1. The molecule has 1 amide bonds. The summed E-state index contributed by atoms with van der Waals surface area (Å²) >= 11 is 0. The molecule has 1 saturated heterocycles. The molecule has 2 heterocycles. The molecule has 2 N–H and O–H groups in total. The summed E-state index contributed by atoms with van der Waals surface area (Å²) < 4.78 is 5.05. The Hall–Kier alpha value is -2.12. The maximum Gasteiger partial charge on any atom is 0.407 e. The molecule has 2 aliphatic heterocycles. The number of amides is 1. The van der Waals surface area contributed by atoms with Gasteiger partial charge in [-0.15, -0.1) is 0 Å². The number of carbonyl (C=O) groups excluding carboxylic acids is 1. The second kappa shape index (κ2) is 5.46. The Kier molecular flexibility index (Phi) is 3.51. The zero-order valence-corrected chi connectivity index (χ0v) is 13.4. The Labute approximate surface area is 139 Å². The fourth-order valence-corrected chi connectivity index (χ4v) is 3.98. The van der Waals surface area contributed by atoms with Crippen LogP contribution in [0, 0.1) is 6.92 Å². The van der Waals surface area contributed by atoms with E-state index in [0.717, 1.165) is 23.1 Å². The van der Waals surface area contributed by atoms with Crippen LogP contribution in [0.1, 0.15) is 39.6 Å². The predicted molar refractivity (Wildman–Crippen MR) is 83.8 cm³/mol. The van der Waals surface area contributed by atoms with E-state index >= 15 is 0 Å². The highest BCUT2D eigenvalue weighted by atomic mass is 16.5. The number of aliphatic hydroxyl groups excluding tert-OH is 1. The van der Waals surface area contributed by atoms with Gasteiger partial charge >= 0.3 is 12.1 Å². The molecule has 24 heavy (non-hydrogen) atoms. The molecule has 0 bridgehead atoms. The van der Waals surface area contributed by atoms with Crippen LogP contribution >= 0.6 is 0 Å². The van der Waals surface area contributed by atoms with Crippen molar-refractivity contribution in [3.63, 3.8) is 0 Å². The minimum atomic E-state index is -0.859. The number of cyclic esters (lactones) is 1. The van der Waals surface area contributed by atoms with Gasteiger partial charge in [0.25, 0.3) is 0 Å². The van der Waals surface area contributed by atoms with Gasteiger partial charge in [0.05, 0.1) is 17.7 Å². The van der Waals surface area contributed by atoms with Crippen molar-refractivity contribution in [3.05, 3.63) is 34.4 Å². The standard InChI is InChI=1S/C17H20N2O5/c1-9-10(2-3-11-12(9)8-24-16(11)21)15(20)7-18-4-5-19(17(22)23)14-6-13(14)18/h2-3,13-15,20H,4-8H2,1H3,(H,22,23)/t13?,14?,15-/m1/s1. The summed E-state index contributed by atoms with van der Waals surface area (Å²) in [5, 5.41) is 19.8. The van der Waals surface area contributed by atoms with Gasteiger partial charge < -0.3 is 19.8 Å². The number of carbonyl (C=O) groups is 2. The highest BCUT2D eigenvalue weighted by Gasteiger charge is 2.51. The Bertz CT molecular complexity index is 719. The number of β-amino-alcohol motifs (C(OH)–C–C–N with tert-alkyl or cyclic N) is 1. The first-order valence-electron chi connectivity index (χ1n) is 8.18. The van der Waals surface area contributed by atoms with Crippen molar-refractivity contribution in [3.8, 4) is 0 Å². The monoisotopic (exact) mass is 332 g/mol. The van der Waals surface area contributed by atoms with E-state index in [1.165, 1.54) is 4.90 Å². The van der Waals surface area contributed by atoms with Gasteiger partial charge in [0.2, 0.25) is 0 Å². The van der Waals surface area contributed by atoms with E-state index < -0.39 is 12.2 Å². The molecule has 1 aromatic carbocycles. The summed E-state index contributed by atoms with van der Waals surface area (Å²) in [5.41, 5.74) is 3.16. The highest BCUT2D eigenvalue weighted by molar-refractivity contribution is 5.93. The molecule has 4 rings (SSSR count). The molecule has 0 aromatic heterocycles. The first kappa shape index (κ1) is 15.4. The number of esters is 1. The molecule has 2 fully saturated rings. The predicted octanol–water partition coefficient (Wildman–Crippen LogP) is 1.14. The van der Waals surface area contributed by atoms with Crippen LogP contribution in [-0.2, 0) is 11.3 Å². The van der Waals surface area contributed by atoms with E-state index in [2.05, 4.69) is 4.90 Å². The topological polar surface area (TPSA) is 90.3 Å². The largest absolute Gasteiger partial charge is 0.465 e. The van der Waals surface area contributed by atoms with Crippen LogP contribution in [-0.4, -0.2) is 63.8 Å². The SMILES string of the molecule is Cc1c([C@H](O)CN2CCN(C(=O)O)C3CC32)ccc2c1COC2=O. The highest BCUT2D eigenvalue weighted by Crippen LogP contribution is 2.38. The van der Waals surface area contributed by atoms with Crippen LogP contribution < -0.4 is 0 Å². The van der Waals surface area contributed by atoms with Gasteiger partial charge in [0.15, 0.2) is 0 Å². The lowest BCUT2D eigenvalue weighted by atomic mass is 9.95. The Morgan fingerprint density at radius 2 is 2.17 bits per heavy atom. The number of carboxylic acid groups (broad SMARTS) is 1. The number of piperazine rings is 1. The first-order chi connectivity index (χ1) is 11.5. The van der Waals surface area contributed by atoms with Gasteiger partial charge in [-0.2, -0.15) is 0 Å².